The summed E-state index contributed by atoms with van der Waals surface area (Å²) in [6.45, 7) is 6.80. The van der Waals surface area contributed by atoms with E-state index in [4.69, 9.17) is 4.99 Å². The first-order chi connectivity index (χ1) is 8.09. The van der Waals surface area contributed by atoms with Gasteiger partial charge < -0.3 is 5.32 Å². The third-order valence-electron chi connectivity index (χ3n) is 3.83. The van der Waals surface area contributed by atoms with E-state index in [-0.39, 0.29) is 5.54 Å². The molecule has 2 fully saturated rings. The lowest BCUT2D eigenvalue weighted by Gasteiger charge is -2.26. The molecule has 0 aromatic heterocycles. The molecular formula is C14H26N2S. The number of aliphatic imine (C=N–C) groups is 1. The summed E-state index contributed by atoms with van der Waals surface area (Å²) in [5.41, 5.74) is 0.239. The van der Waals surface area contributed by atoms with Gasteiger partial charge >= 0.3 is 0 Å². The van der Waals surface area contributed by atoms with Crippen LogP contribution in [0, 0.1) is 5.92 Å². The molecule has 0 radical (unpaired) electrons. The first kappa shape index (κ1) is 13.3. The Hall–Kier alpha value is -0.180. The van der Waals surface area contributed by atoms with E-state index < -0.39 is 0 Å². The monoisotopic (exact) mass is 254 g/mol. The Bertz CT molecular complexity index is 278. The van der Waals surface area contributed by atoms with Crippen molar-refractivity contribution in [3.63, 3.8) is 0 Å². The smallest absolute Gasteiger partial charge is 0.157 e. The molecule has 3 heteroatoms. The molecule has 0 amide bonds. The molecule has 2 rings (SSSR count). The van der Waals surface area contributed by atoms with Crippen LogP contribution in [0.15, 0.2) is 4.99 Å². The maximum atomic E-state index is 4.89. The second-order valence-corrected chi connectivity index (χ2v) is 7.16. The van der Waals surface area contributed by atoms with Gasteiger partial charge in [-0.3, -0.25) is 4.99 Å². The molecule has 0 atom stereocenters. The van der Waals surface area contributed by atoms with Gasteiger partial charge in [-0.25, -0.2) is 0 Å². The highest BCUT2D eigenvalue weighted by atomic mass is 32.2. The fraction of sp³-hybridized carbons (Fsp3) is 0.929. The van der Waals surface area contributed by atoms with E-state index in [1.807, 2.05) is 11.8 Å². The second-order valence-electron chi connectivity index (χ2n) is 6.20. The zero-order valence-electron chi connectivity index (χ0n) is 11.5. The Kier molecular flexibility index (Phi) is 4.40. The van der Waals surface area contributed by atoms with E-state index >= 15 is 0 Å². The van der Waals surface area contributed by atoms with Gasteiger partial charge in [-0.05, 0) is 45.4 Å². The highest BCUT2D eigenvalue weighted by molar-refractivity contribution is 8.14. The van der Waals surface area contributed by atoms with Crippen molar-refractivity contribution in [2.24, 2.45) is 10.9 Å². The quantitative estimate of drug-likeness (QED) is 0.828. The number of thioether (sulfide) groups is 1. The first-order valence-electron chi connectivity index (χ1n) is 7.08. The summed E-state index contributed by atoms with van der Waals surface area (Å²) in [6.07, 6.45) is 8.15. The van der Waals surface area contributed by atoms with Gasteiger partial charge in [0.1, 0.15) is 0 Å². The summed E-state index contributed by atoms with van der Waals surface area (Å²) in [7, 11) is 0. The van der Waals surface area contributed by atoms with Gasteiger partial charge in [-0.15, -0.1) is 0 Å². The van der Waals surface area contributed by atoms with Crippen LogP contribution in [0.2, 0.25) is 0 Å². The highest BCUT2D eigenvalue weighted by Gasteiger charge is 2.28. The van der Waals surface area contributed by atoms with E-state index in [1.165, 1.54) is 43.7 Å². The van der Waals surface area contributed by atoms with Crippen LogP contribution in [0.3, 0.4) is 0 Å². The van der Waals surface area contributed by atoms with Crippen molar-refractivity contribution in [1.29, 1.82) is 0 Å². The molecule has 1 N–H and O–H groups in total. The molecule has 0 aromatic carbocycles. The van der Waals surface area contributed by atoms with Gasteiger partial charge in [-0.2, -0.15) is 0 Å². The van der Waals surface area contributed by atoms with Crippen molar-refractivity contribution in [3.8, 4) is 0 Å². The van der Waals surface area contributed by atoms with Crippen molar-refractivity contribution in [3.05, 3.63) is 0 Å². The van der Waals surface area contributed by atoms with Gasteiger partial charge in [0.05, 0.1) is 6.04 Å². The summed E-state index contributed by atoms with van der Waals surface area (Å²) in [6, 6.07) is 0.590. The summed E-state index contributed by atoms with van der Waals surface area (Å²) < 4.78 is 0. The molecular weight excluding hydrogens is 228 g/mol. The molecule has 1 aliphatic heterocycles. The van der Waals surface area contributed by atoms with Gasteiger partial charge in [0, 0.05) is 11.3 Å². The van der Waals surface area contributed by atoms with E-state index in [0.717, 1.165) is 11.7 Å². The normalized spacial score (nSPS) is 34.9. The van der Waals surface area contributed by atoms with Crippen molar-refractivity contribution in [2.75, 3.05) is 5.75 Å². The summed E-state index contributed by atoms with van der Waals surface area (Å²) in [5, 5.41) is 4.72. The van der Waals surface area contributed by atoms with Crippen LogP contribution in [-0.2, 0) is 0 Å². The SMILES string of the molecule is CCCC1CCC(N=C2NC(C)(C)CS2)CC1. The van der Waals surface area contributed by atoms with E-state index in [1.54, 1.807) is 0 Å². The average molecular weight is 254 g/mol. The van der Waals surface area contributed by atoms with Crippen LogP contribution in [0.5, 0.6) is 0 Å². The number of nitrogens with zero attached hydrogens (tertiary/aromatic N) is 1. The third-order valence-corrected chi connectivity index (χ3v) is 5.18. The maximum Gasteiger partial charge on any atom is 0.157 e. The molecule has 2 nitrogen and oxygen atoms in total. The van der Waals surface area contributed by atoms with Crippen LogP contribution in [-0.4, -0.2) is 22.5 Å². The van der Waals surface area contributed by atoms with Crippen molar-refractivity contribution < 1.29 is 0 Å². The van der Waals surface area contributed by atoms with E-state index in [9.17, 15) is 0 Å². The van der Waals surface area contributed by atoms with Crippen molar-refractivity contribution >= 4 is 16.9 Å². The molecule has 0 unspecified atom stereocenters. The predicted molar refractivity (Wildman–Crippen MR) is 77.8 cm³/mol. The fourth-order valence-electron chi connectivity index (χ4n) is 2.82. The van der Waals surface area contributed by atoms with Crippen molar-refractivity contribution in [2.45, 2.75) is 70.9 Å². The Morgan fingerprint density at radius 2 is 2.00 bits per heavy atom. The number of amidine groups is 1. The number of hydrogen-bond donors (Lipinski definition) is 1. The van der Waals surface area contributed by atoms with Gasteiger partial charge in [0.15, 0.2) is 5.17 Å². The molecule has 0 spiro atoms. The Labute approximate surface area is 110 Å². The molecule has 0 aromatic rings. The standard InChI is InChI=1S/C14H26N2S/c1-4-5-11-6-8-12(9-7-11)15-13-16-14(2,3)10-17-13/h11-12H,4-10H2,1-3H3,(H,15,16). The maximum absolute atomic E-state index is 4.89. The first-order valence-corrected chi connectivity index (χ1v) is 8.06. The largest absolute Gasteiger partial charge is 0.359 e. The van der Waals surface area contributed by atoms with Crippen LogP contribution >= 0.6 is 11.8 Å². The number of nitrogens with one attached hydrogen (secondary N) is 1. The van der Waals surface area contributed by atoms with Gasteiger partial charge in [0.2, 0.25) is 0 Å². The lowest BCUT2D eigenvalue weighted by molar-refractivity contribution is 0.309. The van der Waals surface area contributed by atoms with E-state index in [0.29, 0.717) is 6.04 Å². The lowest BCUT2D eigenvalue weighted by Crippen LogP contribution is -2.37. The van der Waals surface area contributed by atoms with Gasteiger partial charge in [0.25, 0.3) is 0 Å². The zero-order chi connectivity index (χ0) is 12.3. The molecule has 0 bridgehead atoms. The molecule has 98 valence electrons. The molecule has 17 heavy (non-hydrogen) atoms. The summed E-state index contributed by atoms with van der Waals surface area (Å²) in [5.74, 6) is 2.13. The summed E-state index contributed by atoms with van der Waals surface area (Å²) >= 11 is 1.89. The molecule has 2 aliphatic rings. The van der Waals surface area contributed by atoms with E-state index in [2.05, 4.69) is 26.1 Å². The third kappa shape index (κ3) is 3.90. The van der Waals surface area contributed by atoms with Crippen molar-refractivity contribution in [1.82, 2.24) is 5.32 Å². The molecule has 1 saturated heterocycles. The van der Waals surface area contributed by atoms with Crippen LogP contribution < -0.4 is 5.32 Å². The topological polar surface area (TPSA) is 24.4 Å². The lowest BCUT2D eigenvalue weighted by atomic mass is 9.84. The Morgan fingerprint density at radius 3 is 2.53 bits per heavy atom. The van der Waals surface area contributed by atoms with Crippen LogP contribution in [0.1, 0.15) is 59.3 Å². The number of rotatable bonds is 3. The average Bonchev–Trinajstić information content (AvgIpc) is 2.61. The molecule has 1 saturated carbocycles. The minimum absolute atomic E-state index is 0.239. The summed E-state index contributed by atoms with van der Waals surface area (Å²) in [4.78, 5) is 4.89. The predicted octanol–water partition coefficient (Wildman–Crippen LogP) is 3.82. The van der Waals surface area contributed by atoms with Crippen LogP contribution in [0.25, 0.3) is 0 Å². The molecule has 1 aliphatic carbocycles. The van der Waals surface area contributed by atoms with Crippen LogP contribution in [0.4, 0.5) is 0 Å². The Morgan fingerprint density at radius 1 is 1.29 bits per heavy atom. The second kappa shape index (κ2) is 5.64. The minimum Gasteiger partial charge on any atom is -0.359 e. The Balaban J connectivity index is 1.80. The van der Waals surface area contributed by atoms with Gasteiger partial charge in [-0.1, -0.05) is 31.5 Å². The highest BCUT2D eigenvalue weighted by Crippen LogP contribution is 2.31. The number of hydrogen-bond acceptors (Lipinski definition) is 2. The zero-order valence-corrected chi connectivity index (χ0v) is 12.3. The molecule has 1 heterocycles. The minimum atomic E-state index is 0.239. The fourth-order valence-corrected chi connectivity index (χ4v) is 3.96.